The van der Waals surface area contributed by atoms with Crippen LogP contribution in [0.4, 0.5) is 0 Å². The number of carbonyl (C=O) groups is 4. The van der Waals surface area contributed by atoms with Crippen molar-refractivity contribution in [2.75, 3.05) is 18.6 Å². The van der Waals surface area contributed by atoms with E-state index in [-0.39, 0.29) is 29.6 Å². The van der Waals surface area contributed by atoms with E-state index in [0.717, 1.165) is 0 Å². The molecule has 2 atom stereocenters. The highest BCUT2D eigenvalue weighted by atomic mass is 32.2. The third-order valence-corrected chi connectivity index (χ3v) is 4.41. The van der Waals surface area contributed by atoms with Crippen LogP contribution in [0.5, 0.6) is 0 Å². The second kappa shape index (κ2) is 10.4. The van der Waals surface area contributed by atoms with Crippen molar-refractivity contribution in [1.29, 1.82) is 0 Å². The zero-order valence-corrected chi connectivity index (χ0v) is 14.7. The number of aromatic nitrogens is 1. The molecule has 0 spiro atoms. The number of esters is 1. The van der Waals surface area contributed by atoms with E-state index in [2.05, 4.69) is 15.0 Å². The summed E-state index contributed by atoms with van der Waals surface area (Å²) in [4.78, 5) is 50.1. The van der Waals surface area contributed by atoms with E-state index in [1.54, 1.807) is 12.1 Å². The zero-order chi connectivity index (χ0) is 18.8. The Morgan fingerprint density at radius 2 is 2.04 bits per heavy atom. The Hall–Kier alpha value is -2.42. The maximum absolute atomic E-state index is 12.4. The molecule has 1 amide bonds. The molecule has 1 aromatic heterocycles. The van der Waals surface area contributed by atoms with E-state index in [0.29, 0.717) is 5.56 Å². The number of ketones is 1. The molecule has 0 aliphatic carbocycles. The quantitative estimate of drug-likeness (QED) is 0.458. The van der Waals surface area contributed by atoms with Crippen LogP contribution in [0.1, 0.15) is 23.7 Å². The third kappa shape index (κ3) is 7.34. The van der Waals surface area contributed by atoms with Gasteiger partial charge in [0.05, 0.1) is 13.5 Å². The van der Waals surface area contributed by atoms with Gasteiger partial charge in [-0.1, -0.05) is 0 Å². The second-order valence-corrected chi connectivity index (χ2v) is 6.29. The molecule has 0 aliphatic rings. The van der Waals surface area contributed by atoms with E-state index in [9.17, 15) is 19.2 Å². The van der Waals surface area contributed by atoms with Gasteiger partial charge in [0.25, 0.3) is 0 Å². The Labute approximate surface area is 149 Å². The number of nitrogens with zero attached hydrogens (tertiary/aromatic N) is 1. The number of rotatable bonds is 10. The fraction of sp³-hybridized carbons (Fsp3) is 0.438. The number of amides is 1. The van der Waals surface area contributed by atoms with Crippen molar-refractivity contribution in [2.45, 2.75) is 19.4 Å². The summed E-state index contributed by atoms with van der Waals surface area (Å²) in [6, 6.07) is 2.32. The molecule has 0 saturated heterocycles. The topological polar surface area (TPSA) is 123 Å². The summed E-state index contributed by atoms with van der Waals surface area (Å²) < 4.78 is 4.62. The van der Waals surface area contributed by atoms with Crippen LogP contribution < -0.4 is 5.32 Å². The summed E-state index contributed by atoms with van der Waals surface area (Å²) in [6.45, 7) is 1.28. The van der Waals surface area contributed by atoms with Crippen LogP contribution in [0.15, 0.2) is 24.5 Å². The molecule has 1 heterocycles. The maximum Gasteiger partial charge on any atom is 0.329 e. The van der Waals surface area contributed by atoms with Gasteiger partial charge in [0, 0.05) is 42.3 Å². The van der Waals surface area contributed by atoms with Gasteiger partial charge in [-0.2, -0.15) is 11.8 Å². The zero-order valence-electron chi connectivity index (χ0n) is 13.9. The molecule has 2 N–H and O–H groups in total. The monoisotopic (exact) mass is 368 g/mol. The Kier molecular flexibility index (Phi) is 8.62. The molecule has 1 aromatic rings. The number of methoxy groups -OCH3 is 1. The summed E-state index contributed by atoms with van der Waals surface area (Å²) >= 11 is 1.20. The predicted molar refractivity (Wildman–Crippen MR) is 91.3 cm³/mol. The summed E-state index contributed by atoms with van der Waals surface area (Å²) in [6.07, 6.45) is 2.58. The number of pyridine rings is 1. The number of hydrogen-bond acceptors (Lipinski definition) is 7. The lowest BCUT2D eigenvalue weighted by atomic mass is 9.97. The van der Waals surface area contributed by atoms with Gasteiger partial charge in [0.15, 0.2) is 5.78 Å². The van der Waals surface area contributed by atoms with Gasteiger partial charge in [-0.3, -0.25) is 19.4 Å². The van der Waals surface area contributed by atoms with Crippen molar-refractivity contribution < 1.29 is 29.0 Å². The number of carbonyl (C=O) groups excluding carboxylic acids is 3. The minimum Gasteiger partial charge on any atom is -0.481 e. The number of aliphatic carboxylic acids is 1. The Balaban J connectivity index is 2.72. The van der Waals surface area contributed by atoms with Crippen molar-refractivity contribution in [1.82, 2.24) is 10.3 Å². The molecule has 2 unspecified atom stereocenters. The molecule has 0 radical (unpaired) electrons. The minimum atomic E-state index is -1.09. The maximum atomic E-state index is 12.4. The van der Waals surface area contributed by atoms with E-state index < -0.39 is 23.9 Å². The molecule has 0 saturated carbocycles. The minimum absolute atomic E-state index is 0.169. The molecule has 25 heavy (non-hydrogen) atoms. The average molecular weight is 368 g/mol. The number of Topliss-reactive ketones (excluding diaryl/α,β-unsaturated/α-hetero) is 1. The first-order chi connectivity index (χ1) is 11.8. The lowest BCUT2D eigenvalue weighted by Crippen LogP contribution is -2.42. The predicted octanol–water partition coefficient (Wildman–Crippen LogP) is 0.766. The number of carboxylic acids is 1. The highest BCUT2D eigenvalue weighted by Crippen LogP contribution is 2.19. The van der Waals surface area contributed by atoms with Crippen LogP contribution in [0.2, 0.25) is 0 Å². The first-order valence-electron chi connectivity index (χ1n) is 7.43. The molecule has 0 bridgehead atoms. The van der Waals surface area contributed by atoms with Crippen LogP contribution in [0, 0.1) is 5.92 Å². The molecular weight excluding hydrogens is 348 g/mol. The highest BCUT2D eigenvalue weighted by molar-refractivity contribution is 7.99. The van der Waals surface area contributed by atoms with Gasteiger partial charge in [0.2, 0.25) is 5.91 Å². The number of nitrogens with one attached hydrogen (secondary N) is 1. The van der Waals surface area contributed by atoms with Gasteiger partial charge in [0.1, 0.15) is 6.04 Å². The molecule has 0 fully saturated rings. The van der Waals surface area contributed by atoms with Crippen molar-refractivity contribution in [3.8, 4) is 0 Å². The molecule has 8 nitrogen and oxygen atoms in total. The SMILES string of the molecule is COC(=O)C(CSCC(CC(=O)O)C(=O)c1cccnc1)NC(C)=O. The lowest BCUT2D eigenvalue weighted by Gasteiger charge is -2.17. The fourth-order valence-electron chi connectivity index (χ4n) is 2.07. The highest BCUT2D eigenvalue weighted by Gasteiger charge is 2.25. The van der Waals surface area contributed by atoms with Crippen molar-refractivity contribution >= 4 is 35.4 Å². The average Bonchev–Trinajstić information content (AvgIpc) is 2.58. The molecule has 136 valence electrons. The van der Waals surface area contributed by atoms with Gasteiger partial charge < -0.3 is 15.2 Å². The van der Waals surface area contributed by atoms with Crippen molar-refractivity contribution in [3.63, 3.8) is 0 Å². The number of ether oxygens (including phenoxy) is 1. The first-order valence-corrected chi connectivity index (χ1v) is 8.59. The lowest BCUT2D eigenvalue weighted by molar-refractivity contribution is -0.144. The Bertz CT molecular complexity index is 622. The summed E-state index contributed by atoms with van der Waals surface area (Å²) in [5.41, 5.74) is 0.334. The smallest absolute Gasteiger partial charge is 0.329 e. The molecular formula is C16H20N2O6S. The summed E-state index contributed by atoms with van der Waals surface area (Å²) in [7, 11) is 1.21. The normalized spacial score (nSPS) is 12.7. The van der Waals surface area contributed by atoms with Crippen LogP contribution in [0.3, 0.4) is 0 Å². The standard InChI is InChI=1S/C16H20N2O6S/c1-10(19)18-13(16(23)24-2)9-25-8-12(6-14(20)21)15(22)11-4-3-5-17-7-11/h3-5,7,12-13H,6,8-9H2,1-2H3,(H,18,19)(H,20,21). The largest absolute Gasteiger partial charge is 0.481 e. The molecule has 9 heteroatoms. The Morgan fingerprint density at radius 3 is 2.56 bits per heavy atom. The molecule has 0 aliphatic heterocycles. The van der Waals surface area contributed by atoms with Crippen molar-refractivity contribution in [2.24, 2.45) is 5.92 Å². The summed E-state index contributed by atoms with van der Waals surface area (Å²) in [5, 5.41) is 11.5. The van der Waals surface area contributed by atoms with Crippen LogP contribution in [-0.2, 0) is 19.1 Å². The van der Waals surface area contributed by atoms with Gasteiger partial charge in [-0.25, -0.2) is 4.79 Å². The van der Waals surface area contributed by atoms with E-state index >= 15 is 0 Å². The Morgan fingerprint density at radius 1 is 1.32 bits per heavy atom. The summed E-state index contributed by atoms with van der Waals surface area (Å²) in [5.74, 6) is -2.80. The number of hydrogen-bond donors (Lipinski definition) is 2. The van der Waals surface area contributed by atoms with Crippen LogP contribution in [-0.4, -0.2) is 58.4 Å². The van der Waals surface area contributed by atoms with Gasteiger partial charge >= 0.3 is 11.9 Å². The van der Waals surface area contributed by atoms with E-state index in [1.165, 1.54) is 38.2 Å². The first kappa shape index (κ1) is 20.6. The molecule has 1 rings (SSSR count). The second-order valence-electron chi connectivity index (χ2n) is 5.21. The van der Waals surface area contributed by atoms with Crippen molar-refractivity contribution in [3.05, 3.63) is 30.1 Å². The van der Waals surface area contributed by atoms with Gasteiger partial charge in [-0.15, -0.1) is 0 Å². The van der Waals surface area contributed by atoms with Crippen LogP contribution in [0.25, 0.3) is 0 Å². The van der Waals surface area contributed by atoms with E-state index in [4.69, 9.17) is 5.11 Å². The number of thioether (sulfide) groups is 1. The fourth-order valence-corrected chi connectivity index (χ4v) is 3.21. The third-order valence-electron chi connectivity index (χ3n) is 3.20. The van der Waals surface area contributed by atoms with Crippen LogP contribution >= 0.6 is 11.8 Å². The van der Waals surface area contributed by atoms with E-state index in [1.807, 2.05) is 0 Å². The number of carboxylic acid groups (broad SMARTS) is 1. The van der Waals surface area contributed by atoms with Gasteiger partial charge in [-0.05, 0) is 12.1 Å². The molecule has 0 aromatic carbocycles.